The van der Waals surface area contributed by atoms with E-state index in [1.54, 1.807) is 6.92 Å². The zero-order chi connectivity index (χ0) is 23.4. The average molecular weight is 503 g/mol. The van der Waals surface area contributed by atoms with Gasteiger partial charge in [0.2, 0.25) is 5.91 Å². The first kappa shape index (κ1) is 23.7. The molecule has 6 atom stereocenters. The molecule has 0 saturated carbocycles. The van der Waals surface area contributed by atoms with Gasteiger partial charge < -0.3 is 20.4 Å². The fraction of sp³-hybridized carbons (Fsp3) is 0.579. The van der Waals surface area contributed by atoms with Gasteiger partial charge in [-0.1, -0.05) is 6.92 Å². The highest BCUT2D eigenvalue weighted by molar-refractivity contribution is 8.03. The number of aliphatic carboxylic acids is 1. The van der Waals surface area contributed by atoms with Crippen molar-refractivity contribution in [3.05, 3.63) is 32.5 Å². The first-order valence-electron chi connectivity index (χ1n) is 10.2. The molecule has 3 aliphatic rings. The molecule has 1 amide bonds. The van der Waals surface area contributed by atoms with Crippen molar-refractivity contribution in [3.8, 4) is 0 Å². The molecule has 4 rings (SSSR count). The van der Waals surface area contributed by atoms with E-state index in [0.717, 1.165) is 16.2 Å². The fourth-order valence-electron chi connectivity index (χ4n) is 4.72. The van der Waals surface area contributed by atoms with E-state index < -0.39 is 28.2 Å². The summed E-state index contributed by atoms with van der Waals surface area (Å²) in [6.07, 6.45) is -0.0469. The number of carboxylic acid groups (broad SMARTS) is 1. The van der Waals surface area contributed by atoms with E-state index in [2.05, 4.69) is 10.0 Å². The van der Waals surface area contributed by atoms with Crippen molar-refractivity contribution in [1.82, 2.24) is 14.9 Å². The Morgan fingerprint density at radius 2 is 2.19 bits per heavy atom. The highest BCUT2D eigenvalue weighted by atomic mass is 32.2. The SMILES string of the molecule is C[C@@H](O)C1C(=O)N2C(C(=O)O)=C(S[C@H]3CNC(c4ccc(CNS(N)(=O)=O)s4)C3)[C@H](C)[C@H]12. The van der Waals surface area contributed by atoms with Gasteiger partial charge in [-0.05, 0) is 25.5 Å². The molecule has 13 heteroatoms. The molecule has 6 N–H and O–H groups in total. The van der Waals surface area contributed by atoms with Gasteiger partial charge in [0.1, 0.15) is 5.70 Å². The van der Waals surface area contributed by atoms with Crippen LogP contribution in [0.25, 0.3) is 0 Å². The predicted molar refractivity (Wildman–Crippen MR) is 121 cm³/mol. The van der Waals surface area contributed by atoms with E-state index >= 15 is 0 Å². The van der Waals surface area contributed by atoms with Gasteiger partial charge in [-0.15, -0.1) is 23.1 Å². The summed E-state index contributed by atoms with van der Waals surface area (Å²) in [5.41, 5.74) is 0.0466. The Hall–Kier alpha value is -1.48. The van der Waals surface area contributed by atoms with Crippen molar-refractivity contribution in [2.24, 2.45) is 17.0 Å². The third-order valence-corrected chi connectivity index (χ3v) is 9.43. The molecule has 1 aromatic rings. The molecule has 2 fully saturated rings. The summed E-state index contributed by atoms with van der Waals surface area (Å²) in [5, 5.41) is 28.3. The maximum Gasteiger partial charge on any atom is 0.353 e. The van der Waals surface area contributed by atoms with Crippen LogP contribution >= 0.6 is 23.1 Å². The van der Waals surface area contributed by atoms with Crippen molar-refractivity contribution in [2.45, 2.75) is 50.3 Å². The molecule has 10 nitrogen and oxygen atoms in total. The van der Waals surface area contributed by atoms with Gasteiger partial charge in [0.05, 0.1) is 18.1 Å². The van der Waals surface area contributed by atoms with Crippen molar-refractivity contribution in [3.63, 3.8) is 0 Å². The number of β-lactam (4-membered cyclic amide) rings is 1. The number of carbonyl (C=O) groups excluding carboxylic acids is 1. The van der Waals surface area contributed by atoms with Crippen LogP contribution in [-0.4, -0.2) is 59.3 Å². The number of nitrogens with one attached hydrogen (secondary N) is 2. The fourth-order valence-corrected chi connectivity index (χ4v) is 7.68. The topological polar surface area (TPSA) is 162 Å². The van der Waals surface area contributed by atoms with Gasteiger partial charge >= 0.3 is 5.97 Å². The van der Waals surface area contributed by atoms with E-state index in [4.69, 9.17) is 5.14 Å². The van der Waals surface area contributed by atoms with Gasteiger partial charge in [0, 0.05) is 45.0 Å². The number of amides is 1. The number of thioether (sulfide) groups is 1. The number of nitrogens with zero attached hydrogens (tertiary/aromatic N) is 1. The third kappa shape index (κ3) is 4.34. The van der Waals surface area contributed by atoms with Crippen LogP contribution in [-0.2, 0) is 26.3 Å². The van der Waals surface area contributed by atoms with Crippen LogP contribution < -0.4 is 15.2 Å². The molecule has 2 saturated heterocycles. The van der Waals surface area contributed by atoms with Crippen molar-refractivity contribution in [2.75, 3.05) is 6.54 Å². The zero-order valence-electron chi connectivity index (χ0n) is 17.5. The number of aliphatic hydroxyl groups is 1. The number of thiophene rings is 1. The number of hydrogen-bond acceptors (Lipinski definition) is 8. The first-order valence-corrected chi connectivity index (χ1v) is 13.5. The Labute approximate surface area is 194 Å². The van der Waals surface area contributed by atoms with Gasteiger partial charge in [0.25, 0.3) is 10.2 Å². The second-order valence-electron chi connectivity index (χ2n) is 8.38. The zero-order valence-corrected chi connectivity index (χ0v) is 20.0. The minimum Gasteiger partial charge on any atom is -0.477 e. The second kappa shape index (κ2) is 8.70. The molecule has 0 aromatic carbocycles. The number of hydrogen-bond donors (Lipinski definition) is 5. The summed E-state index contributed by atoms with van der Waals surface area (Å²) in [6.45, 7) is 4.30. The van der Waals surface area contributed by atoms with E-state index in [1.807, 2.05) is 19.1 Å². The molecular formula is C19H26N4O6S3. The maximum atomic E-state index is 12.5. The summed E-state index contributed by atoms with van der Waals surface area (Å²) in [7, 11) is -3.75. The van der Waals surface area contributed by atoms with Gasteiger partial charge in [-0.3, -0.25) is 4.79 Å². The van der Waals surface area contributed by atoms with Crippen LogP contribution in [0, 0.1) is 11.8 Å². The lowest BCUT2D eigenvalue weighted by Crippen LogP contribution is -2.63. The Morgan fingerprint density at radius 1 is 1.47 bits per heavy atom. The summed E-state index contributed by atoms with van der Waals surface area (Å²) >= 11 is 2.99. The van der Waals surface area contributed by atoms with Crippen molar-refractivity contribution < 1.29 is 28.2 Å². The Morgan fingerprint density at radius 3 is 2.81 bits per heavy atom. The molecule has 4 heterocycles. The molecule has 2 unspecified atom stereocenters. The van der Waals surface area contributed by atoms with Crippen LogP contribution in [0.2, 0.25) is 0 Å². The van der Waals surface area contributed by atoms with E-state index in [1.165, 1.54) is 28.0 Å². The first-order chi connectivity index (χ1) is 15.0. The second-order valence-corrected chi connectivity index (χ2v) is 12.3. The monoisotopic (exact) mass is 502 g/mol. The van der Waals surface area contributed by atoms with Gasteiger partial charge in [-0.2, -0.15) is 13.1 Å². The number of carboxylic acids is 1. The molecular weight excluding hydrogens is 476 g/mol. The summed E-state index contributed by atoms with van der Waals surface area (Å²) in [6, 6.07) is 3.58. The Kier molecular flexibility index (Phi) is 6.44. The van der Waals surface area contributed by atoms with Gasteiger partial charge in [-0.25, -0.2) is 9.93 Å². The molecule has 176 valence electrons. The highest BCUT2D eigenvalue weighted by Gasteiger charge is 2.60. The molecule has 0 radical (unpaired) electrons. The number of nitrogens with two attached hydrogens (primary N) is 1. The third-order valence-electron chi connectivity index (χ3n) is 6.17. The molecule has 0 spiro atoms. The lowest BCUT2D eigenvalue weighted by molar-refractivity contribution is -0.163. The summed E-state index contributed by atoms with van der Waals surface area (Å²) < 4.78 is 24.4. The number of carbonyl (C=O) groups is 2. The van der Waals surface area contributed by atoms with E-state index in [-0.39, 0.29) is 41.4 Å². The van der Waals surface area contributed by atoms with E-state index in [0.29, 0.717) is 11.4 Å². The normalized spacial score (nSPS) is 31.1. The smallest absolute Gasteiger partial charge is 0.353 e. The lowest BCUT2D eigenvalue weighted by Gasteiger charge is -2.46. The summed E-state index contributed by atoms with van der Waals surface area (Å²) in [5.74, 6) is -2.17. The van der Waals surface area contributed by atoms with Crippen molar-refractivity contribution in [1.29, 1.82) is 0 Å². The maximum absolute atomic E-state index is 12.5. The van der Waals surface area contributed by atoms with Crippen LogP contribution in [0.15, 0.2) is 22.7 Å². The Balaban J connectivity index is 1.44. The number of rotatable bonds is 8. The molecule has 1 aromatic heterocycles. The highest BCUT2D eigenvalue weighted by Crippen LogP contribution is 2.52. The van der Waals surface area contributed by atoms with Gasteiger partial charge in [0.15, 0.2) is 0 Å². The van der Waals surface area contributed by atoms with Crippen LogP contribution in [0.3, 0.4) is 0 Å². The molecule has 3 aliphatic heterocycles. The predicted octanol–water partition coefficient (Wildman–Crippen LogP) is 0.331. The lowest BCUT2D eigenvalue weighted by atomic mass is 9.79. The van der Waals surface area contributed by atoms with Crippen molar-refractivity contribution >= 4 is 45.2 Å². The molecule has 0 bridgehead atoms. The van der Waals surface area contributed by atoms with Crippen LogP contribution in [0.1, 0.15) is 36.1 Å². The summed E-state index contributed by atoms with van der Waals surface area (Å²) in [4.78, 5) is 28.4. The largest absolute Gasteiger partial charge is 0.477 e. The van der Waals surface area contributed by atoms with Crippen LogP contribution in [0.4, 0.5) is 0 Å². The quantitative estimate of drug-likeness (QED) is 0.318. The minimum atomic E-state index is -3.75. The molecule has 0 aliphatic carbocycles. The standard InChI is InChI=1S/C19H26N4O6S3/c1-8-15-14(9(2)24)18(25)23(15)16(19(26)27)17(8)31-11-5-12(21-6-11)13-4-3-10(30-13)7-22-32(20,28)29/h3-4,8-9,11-12,14-15,21-22,24H,5-7H2,1-2H3,(H,26,27)(H2,20,28,29)/t8-,9-,11-,12?,14?,15-/m1/s1. The van der Waals surface area contributed by atoms with Crippen LogP contribution in [0.5, 0.6) is 0 Å². The Bertz CT molecular complexity index is 1070. The number of aliphatic hydroxyl groups excluding tert-OH is 1. The minimum absolute atomic E-state index is 0.0466. The number of fused-ring (bicyclic) bond motifs is 1. The average Bonchev–Trinajstić information content (AvgIpc) is 3.38. The molecule has 32 heavy (non-hydrogen) atoms. The van der Waals surface area contributed by atoms with E-state index in [9.17, 15) is 28.2 Å².